The Kier molecular flexibility index (Phi) is 2.22. The molecule has 0 aliphatic rings. The Morgan fingerprint density at radius 1 is 1.50 bits per heavy atom. The maximum atomic E-state index is 9.03. The highest BCUT2D eigenvalue weighted by Gasteiger charge is 1.98. The molecule has 2 heteroatoms. The lowest BCUT2D eigenvalue weighted by atomic mass is 10.1. The van der Waals surface area contributed by atoms with Crippen molar-refractivity contribution >= 4 is 12.6 Å². The summed E-state index contributed by atoms with van der Waals surface area (Å²) in [5, 5.41) is 9.22. The van der Waals surface area contributed by atoms with E-state index in [9.17, 15) is 0 Å². The van der Waals surface area contributed by atoms with Crippen molar-refractivity contribution < 1.29 is 5.11 Å². The quantitative estimate of drug-likeness (QED) is 0.595. The van der Waals surface area contributed by atoms with E-state index in [1.165, 1.54) is 0 Å². The Bertz CT molecular complexity index is 220. The lowest BCUT2D eigenvalue weighted by Crippen LogP contribution is -1.81. The van der Waals surface area contributed by atoms with E-state index < -0.39 is 0 Å². The minimum atomic E-state index is 0.187. The van der Waals surface area contributed by atoms with Gasteiger partial charge in [-0.2, -0.15) is 12.6 Å². The van der Waals surface area contributed by atoms with Crippen LogP contribution in [-0.4, -0.2) is 5.11 Å². The van der Waals surface area contributed by atoms with Gasteiger partial charge in [0.05, 0.1) is 0 Å². The van der Waals surface area contributed by atoms with Crippen LogP contribution in [0.4, 0.5) is 0 Å². The molecule has 0 heterocycles. The molecule has 1 aromatic rings. The summed E-state index contributed by atoms with van der Waals surface area (Å²) in [6.07, 6.45) is 0. The third kappa shape index (κ3) is 1.67. The van der Waals surface area contributed by atoms with Gasteiger partial charge in [-0.05, 0) is 24.6 Å². The first-order chi connectivity index (χ1) is 4.70. The van der Waals surface area contributed by atoms with Gasteiger partial charge in [-0.1, -0.05) is 12.1 Å². The molecule has 1 N–H and O–H groups in total. The summed E-state index contributed by atoms with van der Waals surface area (Å²) < 4.78 is 0. The summed E-state index contributed by atoms with van der Waals surface area (Å²) in [6, 6.07) is 7.13. The van der Waals surface area contributed by atoms with E-state index in [0.717, 1.165) is 5.56 Å². The molecule has 1 unspecified atom stereocenters. The van der Waals surface area contributed by atoms with E-state index in [-0.39, 0.29) is 5.25 Å². The Hall–Kier alpha value is -0.630. The highest BCUT2D eigenvalue weighted by atomic mass is 32.1. The molecule has 1 nitrogen and oxygen atoms in total. The molecule has 0 saturated heterocycles. The number of thiol groups is 1. The summed E-state index contributed by atoms with van der Waals surface area (Å²) in [5.41, 5.74) is 1.04. The normalized spacial score (nSPS) is 13.0. The van der Waals surface area contributed by atoms with Crippen molar-refractivity contribution in [2.75, 3.05) is 0 Å². The van der Waals surface area contributed by atoms with Crippen molar-refractivity contribution in [2.24, 2.45) is 0 Å². The fraction of sp³-hybridized carbons (Fsp3) is 0.250. The zero-order valence-electron chi connectivity index (χ0n) is 5.78. The van der Waals surface area contributed by atoms with Crippen LogP contribution in [0.1, 0.15) is 17.7 Å². The molecule has 0 aliphatic carbocycles. The van der Waals surface area contributed by atoms with Crippen molar-refractivity contribution in [3.05, 3.63) is 29.8 Å². The van der Waals surface area contributed by atoms with E-state index in [1.54, 1.807) is 12.1 Å². The van der Waals surface area contributed by atoms with Gasteiger partial charge in [-0.25, -0.2) is 0 Å². The summed E-state index contributed by atoms with van der Waals surface area (Å²) in [4.78, 5) is 0. The van der Waals surface area contributed by atoms with Crippen LogP contribution >= 0.6 is 12.6 Å². The number of benzene rings is 1. The van der Waals surface area contributed by atoms with E-state index in [4.69, 9.17) is 5.11 Å². The molecule has 0 aromatic heterocycles. The monoisotopic (exact) mass is 154 g/mol. The summed E-state index contributed by atoms with van der Waals surface area (Å²) in [5.74, 6) is 0.304. The van der Waals surface area contributed by atoms with Crippen molar-refractivity contribution in [3.63, 3.8) is 0 Å². The van der Waals surface area contributed by atoms with Gasteiger partial charge in [0.2, 0.25) is 0 Å². The Labute approximate surface area is 66.1 Å². The Balaban J connectivity index is 2.96. The maximum Gasteiger partial charge on any atom is 0.115 e. The topological polar surface area (TPSA) is 20.2 Å². The highest BCUT2D eigenvalue weighted by Crippen LogP contribution is 2.21. The van der Waals surface area contributed by atoms with Crippen LogP contribution in [0.15, 0.2) is 24.3 Å². The fourth-order valence-electron chi connectivity index (χ4n) is 0.785. The minimum Gasteiger partial charge on any atom is -0.508 e. The van der Waals surface area contributed by atoms with Crippen LogP contribution < -0.4 is 0 Å². The molecule has 0 bridgehead atoms. The van der Waals surface area contributed by atoms with E-state index in [2.05, 4.69) is 12.6 Å². The molecule has 0 fully saturated rings. The lowest BCUT2D eigenvalue weighted by molar-refractivity contribution is 0.474. The van der Waals surface area contributed by atoms with Crippen molar-refractivity contribution in [3.8, 4) is 5.75 Å². The van der Waals surface area contributed by atoms with Crippen LogP contribution in [-0.2, 0) is 0 Å². The van der Waals surface area contributed by atoms with Crippen LogP contribution in [0.3, 0.4) is 0 Å². The van der Waals surface area contributed by atoms with Gasteiger partial charge in [-0.3, -0.25) is 0 Å². The smallest absolute Gasteiger partial charge is 0.115 e. The molecular formula is C8H10OS. The zero-order valence-corrected chi connectivity index (χ0v) is 6.68. The van der Waals surface area contributed by atoms with Gasteiger partial charge in [0.15, 0.2) is 0 Å². The van der Waals surface area contributed by atoms with Gasteiger partial charge >= 0.3 is 0 Å². The summed E-state index contributed by atoms with van der Waals surface area (Å²) in [6.45, 7) is 1.97. The van der Waals surface area contributed by atoms with Crippen LogP contribution in [0.2, 0.25) is 0 Å². The first-order valence-electron chi connectivity index (χ1n) is 3.17. The summed E-state index contributed by atoms with van der Waals surface area (Å²) in [7, 11) is 0. The number of hydrogen-bond acceptors (Lipinski definition) is 2. The first-order valence-corrected chi connectivity index (χ1v) is 3.69. The largest absolute Gasteiger partial charge is 0.508 e. The number of phenols is 1. The molecular weight excluding hydrogens is 144 g/mol. The van der Waals surface area contributed by atoms with Gasteiger partial charge in [0.25, 0.3) is 0 Å². The van der Waals surface area contributed by atoms with Crippen molar-refractivity contribution in [1.29, 1.82) is 0 Å². The van der Waals surface area contributed by atoms with E-state index in [0.29, 0.717) is 5.75 Å². The molecule has 1 aromatic carbocycles. The number of aromatic hydroxyl groups is 1. The number of phenolic OH excluding ortho intramolecular Hbond substituents is 1. The third-order valence-electron chi connectivity index (χ3n) is 1.35. The van der Waals surface area contributed by atoms with Gasteiger partial charge < -0.3 is 5.11 Å². The van der Waals surface area contributed by atoms with Crippen LogP contribution in [0.5, 0.6) is 5.75 Å². The molecule has 0 saturated carbocycles. The highest BCUT2D eigenvalue weighted by molar-refractivity contribution is 7.80. The second-order valence-corrected chi connectivity index (χ2v) is 3.05. The SMILES string of the molecule is CC(S)c1cccc(O)c1. The molecule has 1 atom stereocenters. The molecule has 54 valence electrons. The van der Waals surface area contributed by atoms with Gasteiger partial charge in [0, 0.05) is 5.25 Å². The van der Waals surface area contributed by atoms with E-state index >= 15 is 0 Å². The molecule has 1 rings (SSSR count). The molecule has 0 spiro atoms. The first kappa shape index (κ1) is 7.48. The second-order valence-electron chi connectivity index (χ2n) is 2.27. The molecule has 0 amide bonds. The second kappa shape index (κ2) is 2.97. The average Bonchev–Trinajstić information content (AvgIpc) is 1.88. The van der Waals surface area contributed by atoms with E-state index in [1.807, 2.05) is 19.1 Å². The predicted octanol–water partition coefficient (Wildman–Crippen LogP) is 2.38. The predicted molar refractivity (Wildman–Crippen MR) is 45.5 cm³/mol. The molecule has 10 heavy (non-hydrogen) atoms. The number of hydrogen-bond donors (Lipinski definition) is 2. The minimum absolute atomic E-state index is 0.187. The van der Waals surface area contributed by atoms with Crippen LogP contribution in [0.25, 0.3) is 0 Å². The summed E-state index contributed by atoms with van der Waals surface area (Å²) >= 11 is 4.22. The standard InChI is InChI=1S/C8H10OS/c1-6(10)7-3-2-4-8(9)5-7/h2-6,9-10H,1H3. The van der Waals surface area contributed by atoms with Gasteiger partial charge in [0.1, 0.15) is 5.75 Å². The van der Waals surface area contributed by atoms with Crippen molar-refractivity contribution in [1.82, 2.24) is 0 Å². The average molecular weight is 154 g/mol. The Morgan fingerprint density at radius 2 is 2.20 bits per heavy atom. The van der Waals surface area contributed by atoms with Crippen molar-refractivity contribution in [2.45, 2.75) is 12.2 Å². The van der Waals surface area contributed by atoms with Gasteiger partial charge in [-0.15, -0.1) is 0 Å². The third-order valence-corrected chi connectivity index (χ3v) is 1.65. The Morgan fingerprint density at radius 3 is 2.60 bits per heavy atom. The number of rotatable bonds is 1. The lowest BCUT2D eigenvalue weighted by Gasteiger charge is -2.02. The maximum absolute atomic E-state index is 9.03. The molecule has 0 aliphatic heterocycles. The fourth-order valence-corrected chi connectivity index (χ4v) is 0.945. The zero-order chi connectivity index (χ0) is 7.56. The van der Waals surface area contributed by atoms with Crippen LogP contribution in [0, 0.1) is 0 Å². The molecule has 0 radical (unpaired) electrons.